The standard InChI is InChI=1S/C14H24N2O3S/c1-3-10-15-11-5-12-20(17,18)16-13-6-8-14(9-7-13)19-4-2/h6-9,15-16H,3-5,10-12H2,1-2H3. The quantitative estimate of drug-likeness (QED) is 0.650. The number of nitrogens with one attached hydrogen (secondary N) is 2. The van der Waals surface area contributed by atoms with Crippen molar-refractivity contribution in [2.24, 2.45) is 0 Å². The van der Waals surface area contributed by atoms with E-state index in [1.165, 1.54) is 0 Å². The molecule has 0 heterocycles. The minimum atomic E-state index is -3.28. The zero-order valence-electron chi connectivity index (χ0n) is 12.2. The summed E-state index contributed by atoms with van der Waals surface area (Å²) in [6.45, 7) is 6.22. The molecule has 1 aromatic carbocycles. The van der Waals surface area contributed by atoms with E-state index >= 15 is 0 Å². The van der Waals surface area contributed by atoms with Crippen LogP contribution in [0.2, 0.25) is 0 Å². The predicted molar refractivity (Wildman–Crippen MR) is 82.8 cm³/mol. The second kappa shape index (κ2) is 8.81. The zero-order valence-corrected chi connectivity index (χ0v) is 13.0. The fourth-order valence-electron chi connectivity index (χ4n) is 1.71. The average molecular weight is 300 g/mol. The summed E-state index contributed by atoms with van der Waals surface area (Å²) in [5, 5.41) is 3.18. The molecule has 20 heavy (non-hydrogen) atoms. The van der Waals surface area contributed by atoms with Gasteiger partial charge >= 0.3 is 0 Å². The van der Waals surface area contributed by atoms with Gasteiger partial charge < -0.3 is 10.1 Å². The van der Waals surface area contributed by atoms with Crippen LogP contribution in [0.4, 0.5) is 5.69 Å². The van der Waals surface area contributed by atoms with Crippen LogP contribution in [0.1, 0.15) is 26.7 Å². The van der Waals surface area contributed by atoms with E-state index in [4.69, 9.17) is 4.74 Å². The highest BCUT2D eigenvalue weighted by Crippen LogP contribution is 2.16. The molecule has 0 saturated heterocycles. The molecular weight excluding hydrogens is 276 g/mol. The number of rotatable bonds is 10. The third-order valence-electron chi connectivity index (χ3n) is 2.63. The summed E-state index contributed by atoms with van der Waals surface area (Å²) in [5.74, 6) is 0.857. The number of sulfonamides is 1. The summed E-state index contributed by atoms with van der Waals surface area (Å²) >= 11 is 0. The normalized spacial score (nSPS) is 11.3. The highest BCUT2D eigenvalue weighted by molar-refractivity contribution is 7.92. The lowest BCUT2D eigenvalue weighted by molar-refractivity contribution is 0.340. The summed E-state index contributed by atoms with van der Waals surface area (Å²) < 4.78 is 31.6. The molecule has 0 aromatic heterocycles. The Labute approximate surface area is 121 Å². The summed E-state index contributed by atoms with van der Waals surface area (Å²) in [4.78, 5) is 0. The van der Waals surface area contributed by atoms with E-state index in [9.17, 15) is 8.42 Å². The SMILES string of the molecule is CCCNCCCS(=O)(=O)Nc1ccc(OCC)cc1. The molecule has 0 spiro atoms. The van der Waals surface area contributed by atoms with Gasteiger partial charge in [0.05, 0.1) is 12.4 Å². The molecule has 0 amide bonds. The van der Waals surface area contributed by atoms with Gasteiger partial charge in [-0.2, -0.15) is 0 Å². The van der Waals surface area contributed by atoms with E-state index in [1.807, 2.05) is 6.92 Å². The minimum Gasteiger partial charge on any atom is -0.494 e. The molecule has 5 nitrogen and oxygen atoms in total. The van der Waals surface area contributed by atoms with E-state index in [-0.39, 0.29) is 5.75 Å². The molecule has 1 aromatic rings. The van der Waals surface area contributed by atoms with Crippen LogP contribution in [0.5, 0.6) is 5.75 Å². The van der Waals surface area contributed by atoms with Crippen molar-refractivity contribution < 1.29 is 13.2 Å². The Morgan fingerprint density at radius 1 is 1.10 bits per heavy atom. The van der Waals surface area contributed by atoms with Crippen LogP contribution in [0, 0.1) is 0 Å². The Morgan fingerprint density at radius 2 is 1.80 bits per heavy atom. The third-order valence-corrected chi connectivity index (χ3v) is 4.00. The van der Waals surface area contributed by atoms with E-state index in [0.29, 0.717) is 18.7 Å². The van der Waals surface area contributed by atoms with Crippen LogP contribution >= 0.6 is 0 Å². The van der Waals surface area contributed by atoms with Gasteiger partial charge in [0.15, 0.2) is 0 Å². The van der Waals surface area contributed by atoms with Gasteiger partial charge in [0, 0.05) is 5.69 Å². The van der Waals surface area contributed by atoms with Crippen molar-refractivity contribution in [1.82, 2.24) is 5.32 Å². The van der Waals surface area contributed by atoms with Crippen molar-refractivity contribution in [2.45, 2.75) is 26.7 Å². The smallest absolute Gasteiger partial charge is 0.232 e. The second-order valence-electron chi connectivity index (χ2n) is 4.48. The van der Waals surface area contributed by atoms with Crippen LogP contribution in [-0.4, -0.2) is 33.9 Å². The predicted octanol–water partition coefficient (Wildman–Crippen LogP) is 2.22. The molecular formula is C14H24N2O3S. The molecule has 0 unspecified atom stereocenters. The Bertz CT molecular complexity index is 472. The maximum Gasteiger partial charge on any atom is 0.232 e. The molecule has 0 bridgehead atoms. The summed E-state index contributed by atoms with van der Waals surface area (Å²) in [7, 11) is -3.28. The van der Waals surface area contributed by atoms with Gasteiger partial charge in [-0.3, -0.25) is 4.72 Å². The van der Waals surface area contributed by atoms with Crippen LogP contribution in [0.15, 0.2) is 24.3 Å². The van der Waals surface area contributed by atoms with Gasteiger partial charge in [-0.15, -0.1) is 0 Å². The number of ether oxygens (including phenoxy) is 1. The monoisotopic (exact) mass is 300 g/mol. The van der Waals surface area contributed by atoms with Crippen molar-refractivity contribution in [3.63, 3.8) is 0 Å². The Morgan fingerprint density at radius 3 is 2.40 bits per heavy atom. The lowest BCUT2D eigenvalue weighted by Crippen LogP contribution is -2.22. The first-order valence-electron chi connectivity index (χ1n) is 7.01. The van der Waals surface area contributed by atoms with E-state index in [1.54, 1.807) is 24.3 Å². The zero-order chi connectivity index (χ0) is 14.8. The molecule has 0 fully saturated rings. The Kier molecular flexibility index (Phi) is 7.40. The van der Waals surface area contributed by atoms with Crippen molar-refractivity contribution in [3.05, 3.63) is 24.3 Å². The molecule has 6 heteroatoms. The van der Waals surface area contributed by atoms with E-state index < -0.39 is 10.0 Å². The van der Waals surface area contributed by atoms with Gasteiger partial charge in [0.25, 0.3) is 0 Å². The topological polar surface area (TPSA) is 67.4 Å². The number of hydrogen-bond acceptors (Lipinski definition) is 4. The molecule has 0 radical (unpaired) electrons. The first-order valence-corrected chi connectivity index (χ1v) is 8.66. The minimum absolute atomic E-state index is 0.122. The third kappa shape index (κ3) is 6.77. The first-order chi connectivity index (χ1) is 9.57. The Hall–Kier alpha value is -1.27. The summed E-state index contributed by atoms with van der Waals surface area (Å²) in [5.41, 5.74) is 0.565. The molecule has 0 saturated carbocycles. The second-order valence-corrected chi connectivity index (χ2v) is 6.32. The highest BCUT2D eigenvalue weighted by Gasteiger charge is 2.09. The largest absolute Gasteiger partial charge is 0.494 e. The number of anilines is 1. The first kappa shape index (κ1) is 16.8. The maximum absolute atomic E-state index is 11.9. The molecule has 1 rings (SSSR count). The molecule has 0 aliphatic rings. The van der Waals surface area contributed by atoms with Gasteiger partial charge in [-0.05, 0) is 57.1 Å². The van der Waals surface area contributed by atoms with Crippen molar-refractivity contribution >= 4 is 15.7 Å². The molecule has 0 atom stereocenters. The summed E-state index contributed by atoms with van der Waals surface area (Å²) in [6.07, 6.45) is 1.66. The Balaban J connectivity index is 2.41. The molecule has 0 aliphatic heterocycles. The average Bonchev–Trinajstić information content (AvgIpc) is 2.41. The van der Waals surface area contributed by atoms with Crippen LogP contribution in [0.25, 0.3) is 0 Å². The van der Waals surface area contributed by atoms with Gasteiger partial charge in [-0.1, -0.05) is 6.92 Å². The highest BCUT2D eigenvalue weighted by atomic mass is 32.2. The maximum atomic E-state index is 11.9. The lowest BCUT2D eigenvalue weighted by atomic mass is 10.3. The van der Waals surface area contributed by atoms with Crippen LogP contribution < -0.4 is 14.8 Å². The summed E-state index contributed by atoms with van der Waals surface area (Å²) in [6, 6.07) is 6.92. The van der Waals surface area contributed by atoms with E-state index in [0.717, 1.165) is 25.3 Å². The number of hydrogen-bond donors (Lipinski definition) is 2. The lowest BCUT2D eigenvalue weighted by Gasteiger charge is -2.09. The van der Waals surface area contributed by atoms with Crippen molar-refractivity contribution in [3.8, 4) is 5.75 Å². The van der Waals surface area contributed by atoms with Crippen LogP contribution in [-0.2, 0) is 10.0 Å². The number of benzene rings is 1. The molecule has 114 valence electrons. The fraction of sp³-hybridized carbons (Fsp3) is 0.571. The van der Waals surface area contributed by atoms with Crippen LogP contribution in [0.3, 0.4) is 0 Å². The van der Waals surface area contributed by atoms with E-state index in [2.05, 4.69) is 17.0 Å². The molecule has 0 aliphatic carbocycles. The van der Waals surface area contributed by atoms with Gasteiger partial charge in [-0.25, -0.2) is 8.42 Å². The van der Waals surface area contributed by atoms with Gasteiger partial charge in [0.1, 0.15) is 5.75 Å². The van der Waals surface area contributed by atoms with Gasteiger partial charge in [0.2, 0.25) is 10.0 Å². The van der Waals surface area contributed by atoms with Crippen molar-refractivity contribution in [1.29, 1.82) is 0 Å². The van der Waals surface area contributed by atoms with Crippen molar-refractivity contribution in [2.75, 3.05) is 30.2 Å². The fourth-order valence-corrected chi connectivity index (χ4v) is 2.83. The molecule has 2 N–H and O–H groups in total.